The Morgan fingerprint density at radius 2 is 2.24 bits per heavy atom. The van der Waals surface area contributed by atoms with Crippen LogP contribution in [0.2, 0.25) is 0 Å². The van der Waals surface area contributed by atoms with Gasteiger partial charge in [0.15, 0.2) is 5.16 Å². The zero-order valence-electron chi connectivity index (χ0n) is 11.5. The highest BCUT2D eigenvalue weighted by atomic mass is 32.2. The van der Waals surface area contributed by atoms with Crippen LogP contribution in [0, 0.1) is 5.92 Å². The van der Waals surface area contributed by atoms with Crippen molar-refractivity contribution in [2.24, 2.45) is 5.92 Å². The summed E-state index contributed by atoms with van der Waals surface area (Å²) in [5.41, 5.74) is 0.664. The summed E-state index contributed by atoms with van der Waals surface area (Å²) in [5, 5.41) is 3.27. The number of alkyl halides is 3. The van der Waals surface area contributed by atoms with Crippen molar-refractivity contribution in [3.63, 3.8) is 0 Å². The summed E-state index contributed by atoms with van der Waals surface area (Å²) in [6, 6.07) is 1.38. The molecular formula is C13H16F3N3OS. The molecule has 8 heteroatoms. The quantitative estimate of drug-likeness (QED) is 0.646. The fourth-order valence-corrected chi connectivity index (χ4v) is 2.35. The molecule has 1 amide bonds. The molecule has 2 rings (SSSR count). The lowest BCUT2D eigenvalue weighted by Crippen LogP contribution is -2.31. The summed E-state index contributed by atoms with van der Waals surface area (Å²) < 4.78 is 36.4. The van der Waals surface area contributed by atoms with Crippen molar-refractivity contribution in [1.82, 2.24) is 15.3 Å². The van der Waals surface area contributed by atoms with E-state index in [0.717, 1.165) is 12.8 Å². The van der Waals surface area contributed by atoms with Crippen molar-refractivity contribution in [2.75, 3.05) is 6.26 Å². The van der Waals surface area contributed by atoms with Gasteiger partial charge in [0.2, 0.25) is 5.91 Å². The lowest BCUT2D eigenvalue weighted by atomic mass is 10.1. The minimum absolute atomic E-state index is 0.254. The van der Waals surface area contributed by atoms with Crippen LogP contribution in [0.4, 0.5) is 13.2 Å². The maximum atomic E-state index is 12.1. The molecule has 116 valence electrons. The molecule has 0 saturated heterocycles. The average Bonchev–Trinajstić information content (AvgIpc) is 3.26. The van der Waals surface area contributed by atoms with Crippen LogP contribution in [-0.4, -0.2) is 28.3 Å². The number of amides is 1. The average molecular weight is 319 g/mol. The molecule has 1 heterocycles. The van der Waals surface area contributed by atoms with E-state index in [0.29, 0.717) is 10.9 Å². The third-order valence-corrected chi connectivity index (χ3v) is 3.76. The molecule has 4 nitrogen and oxygen atoms in total. The molecule has 1 aliphatic rings. The van der Waals surface area contributed by atoms with Gasteiger partial charge in [-0.05, 0) is 31.1 Å². The number of carbonyl (C=O) groups is 1. The van der Waals surface area contributed by atoms with E-state index in [1.54, 1.807) is 12.3 Å². The first-order valence-electron chi connectivity index (χ1n) is 6.62. The van der Waals surface area contributed by atoms with Crippen LogP contribution in [0.3, 0.4) is 0 Å². The Bertz CT molecular complexity index is 506. The van der Waals surface area contributed by atoms with Gasteiger partial charge in [-0.1, -0.05) is 11.8 Å². The molecule has 0 aromatic carbocycles. The van der Waals surface area contributed by atoms with Crippen LogP contribution >= 0.6 is 11.8 Å². The van der Waals surface area contributed by atoms with Crippen molar-refractivity contribution in [2.45, 2.75) is 43.1 Å². The second-order valence-electron chi connectivity index (χ2n) is 4.97. The second kappa shape index (κ2) is 6.64. The maximum Gasteiger partial charge on any atom is 0.389 e. The van der Waals surface area contributed by atoms with Gasteiger partial charge in [0.1, 0.15) is 0 Å². The fraction of sp³-hybridized carbons (Fsp3) is 0.615. The Labute approximate surface area is 124 Å². The molecule has 21 heavy (non-hydrogen) atoms. The molecule has 1 aromatic heterocycles. The number of hydrogen-bond donors (Lipinski definition) is 1. The number of thioether (sulfide) groups is 1. The first kappa shape index (κ1) is 16.1. The van der Waals surface area contributed by atoms with Crippen LogP contribution in [-0.2, 0) is 4.79 Å². The van der Waals surface area contributed by atoms with E-state index in [2.05, 4.69) is 15.3 Å². The van der Waals surface area contributed by atoms with Crippen molar-refractivity contribution in [1.29, 1.82) is 0 Å². The van der Waals surface area contributed by atoms with Gasteiger partial charge < -0.3 is 5.32 Å². The molecule has 1 aliphatic carbocycles. The molecule has 1 saturated carbocycles. The molecule has 0 spiro atoms. The Kier molecular flexibility index (Phi) is 5.08. The van der Waals surface area contributed by atoms with E-state index in [9.17, 15) is 18.0 Å². The zero-order valence-corrected chi connectivity index (χ0v) is 12.3. The number of hydrogen-bond acceptors (Lipinski definition) is 4. The van der Waals surface area contributed by atoms with Crippen molar-refractivity contribution in [3.05, 3.63) is 18.0 Å². The standard InChI is InChI=1S/C13H16F3N3OS/c1-21-12-17-7-5-9(18-12)11(8-2-3-8)19-10(20)4-6-13(14,15)16/h5,7-8,11H,2-4,6H2,1H3,(H,19,20). The zero-order chi connectivity index (χ0) is 15.5. The van der Waals surface area contributed by atoms with Crippen LogP contribution < -0.4 is 5.32 Å². The molecular weight excluding hydrogens is 303 g/mol. The number of halogens is 3. The number of nitrogens with zero attached hydrogens (tertiary/aromatic N) is 2. The molecule has 1 N–H and O–H groups in total. The largest absolute Gasteiger partial charge is 0.389 e. The summed E-state index contributed by atoms with van der Waals surface area (Å²) in [5.74, 6) is -0.335. The molecule has 1 unspecified atom stereocenters. The van der Waals surface area contributed by atoms with E-state index < -0.39 is 24.9 Å². The van der Waals surface area contributed by atoms with Gasteiger partial charge in [0.25, 0.3) is 0 Å². The summed E-state index contributed by atoms with van der Waals surface area (Å²) >= 11 is 1.38. The molecule has 1 atom stereocenters. The molecule has 0 radical (unpaired) electrons. The molecule has 0 aliphatic heterocycles. The normalized spacial score (nSPS) is 16.6. The van der Waals surface area contributed by atoms with E-state index >= 15 is 0 Å². The lowest BCUT2D eigenvalue weighted by Gasteiger charge is -2.18. The van der Waals surface area contributed by atoms with E-state index in [1.165, 1.54) is 11.8 Å². The number of aromatic nitrogens is 2. The molecule has 1 fully saturated rings. The lowest BCUT2D eigenvalue weighted by molar-refractivity contribution is -0.144. The van der Waals surface area contributed by atoms with Crippen molar-refractivity contribution < 1.29 is 18.0 Å². The van der Waals surface area contributed by atoms with Crippen molar-refractivity contribution >= 4 is 17.7 Å². The smallest absolute Gasteiger partial charge is 0.347 e. The highest BCUT2D eigenvalue weighted by Gasteiger charge is 2.35. The predicted octanol–water partition coefficient (Wildman–Crippen LogP) is 3.11. The van der Waals surface area contributed by atoms with Gasteiger partial charge in [0.05, 0.1) is 18.2 Å². The topological polar surface area (TPSA) is 54.9 Å². The minimum atomic E-state index is -4.31. The summed E-state index contributed by atoms with van der Waals surface area (Å²) in [6.07, 6.45) is -0.624. The Morgan fingerprint density at radius 3 is 2.81 bits per heavy atom. The molecule has 1 aromatic rings. The first-order chi connectivity index (χ1) is 9.89. The minimum Gasteiger partial charge on any atom is -0.347 e. The summed E-state index contributed by atoms with van der Waals surface area (Å²) in [7, 11) is 0. The van der Waals surface area contributed by atoms with Crippen LogP contribution in [0.15, 0.2) is 17.4 Å². The van der Waals surface area contributed by atoms with Gasteiger partial charge in [-0.25, -0.2) is 9.97 Å². The summed E-state index contributed by atoms with van der Waals surface area (Å²) in [6.45, 7) is 0. The van der Waals surface area contributed by atoms with Gasteiger partial charge in [-0.3, -0.25) is 4.79 Å². The predicted molar refractivity (Wildman–Crippen MR) is 72.7 cm³/mol. The Hall–Kier alpha value is -1.31. The van der Waals surface area contributed by atoms with E-state index in [1.807, 2.05) is 6.26 Å². The van der Waals surface area contributed by atoms with E-state index in [4.69, 9.17) is 0 Å². The third kappa shape index (κ3) is 5.18. The Morgan fingerprint density at radius 1 is 1.52 bits per heavy atom. The van der Waals surface area contributed by atoms with E-state index in [-0.39, 0.29) is 12.0 Å². The SMILES string of the molecule is CSc1nccc(C(NC(=O)CCC(F)(F)F)C2CC2)n1. The van der Waals surface area contributed by atoms with Gasteiger partial charge in [0, 0.05) is 12.6 Å². The maximum absolute atomic E-state index is 12.1. The van der Waals surface area contributed by atoms with Gasteiger partial charge in [-0.15, -0.1) is 0 Å². The monoisotopic (exact) mass is 319 g/mol. The highest BCUT2D eigenvalue weighted by molar-refractivity contribution is 7.98. The van der Waals surface area contributed by atoms with Crippen LogP contribution in [0.1, 0.15) is 37.4 Å². The molecule has 0 bridgehead atoms. The number of carbonyl (C=O) groups excluding carboxylic acids is 1. The third-order valence-electron chi connectivity index (χ3n) is 3.20. The number of nitrogens with one attached hydrogen (secondary N) is 1. The van der Waals surface area contributed by atoms with Crippen LogP contribution in [0.25, 0.3) is 0 Å². The number of rotatable bonds is 6. The second-order valence-corrected chi connectivity index (χ2v) is 5.74. The summed E-state index contributed by atoms with van der Waals surface area (Å²) in [4.78, 5) is 20.1. The highest BCUT2D eigenvalue weighted by Crippen LogP contribution is 2.40. The fourth-order valence-electron chi connectivity index (χ4n) is 1.99. The van der Waals surface area contributed by atoms with Gasteiger partial charge in [-0.2, -0.15) is 13.2 Å². The first-order valence-corrected chi connectivity index (χ1v) is 7.84. The Balaban J connectivity index is 2.00. The van der Waals surface area contributed by atoms with Crippen molar-refractivity contribution in [3.8, 4) is 0 Å². The van der Waals surface area contributed by atoms with Crippen LogP contribution in [0.5, 0.6) is 0 Å². The van der Waals surface area contributed by atoms with Gasteiger partial charge >= 0.3 is 6.18 Å².